The summed E-state index contributed by atoms with van der Waals surface area (Å²) in [5.74, 6) is 0.494. The van der Waals surface area contributed by atoms with Crippen LogP contribution in [0.2, 0.25) is 0 Å². The van der Waals surface area contributed by atoms with Crippen LogP contribution in [-0.2, 0) is 13.7 Å². The quantitative estimate of drug-likeness (QED) is 0.879. The van der Waals surface area contributed by atoms with Gasteiger partial charge in [0.25, 0.3) is 0 Å². The molecule has 0 fully saturated rings. The average Bonchev–Trinajstić information content (AvgIpc) is 2.68. The fraction of sp³-hybridized carbons (Fsp3) is 0.200. The largest absolute Gasteiger partial charge is 0.483 e. The lowest BCUT2D eigenvalue weighted by Gasteiger charge is -2.09. The summed E-state index contributed by atoms with van der Waals surface area (Å²) in [5, 5.41) is 3.90. The lowest BCUT2D eigenvalue weighted by atomic mass is 10.3. The molecule has 5 nitrogen and oxygen atoms in total. The third-order valence-electron chi connectivity index (χ3n) is 2.21. The molecule has 2 aromatic rings. The number of anilines is 1. The summed E-state index contributed by atoms with van der Waals surface area (Å²) >= 11 is 3.04. The molecular weight excluding hydrogens is 291 g/mol. The summed E-state index contributed by atoms with van der Waals surface area (Å²) in [6.45, 7) is 0.182. The molecule has 0 atom stereocenters. The number of rotatable bonds is 3. The molecule has 0 amide bonds. The Balaban J connectivity index is 2.14. The van der Waals surface area contributed by atoms with Crippen molar-refractivity contribution in [3.63, 3.8) is 0 Å². The molecule has 2 rings (SSSR count). The third kappa shape index (κ3) is 2.55. The van der Waals surface area contributed by atoms with Gasteiger partial charge in [0.05, 0.1) is 10.2 Å². The fourth-order valence-corrected chi connectivity index (χ4v) is 1.62. The van der Waals surface area contributed by atoms with E-state index in [9.17, 15) is 4.39 Å². The summed E-state index contributed by atoms with van der Waals surface area (Å²) in [5.41, 5.74) is 6.06. The van der Waals surface area contributed by atoms with Crippen LogP contribution in [0, 0.1) is 5.82 Å². The first-order chi connectivity index (χ1) is 8.08. The van der Waals surface area contributed by atoms with Crippen molar-refractivity contribution in [2.24, 2.45) is 7.05 Å². The Morgan fingerprint density at radius 1 is 1.53 bits per heavy atom. The lowest BCUT2D eigenvalue weighted by Crippen LogP contribution is -2.06. The highest BCUT2D eigenvalue weighted by Crippen LogP contribution is 2.28. The Morgan fingerprint density at radius 3 is 2.94 bits per heavy atom. The van der Waals surface area contributed by atoms with Crippen molar-refractivity contribution in [2.45, 2.75) is 6.61 Å². The number of aromatic nitrogens is 3. The number of hydrogen-bond donors (Lipinski definition) is 1. The van der Waals surface area contributed by atoms with E-state index in [0.29, 0.717) is 16.0 Å². The van der Waals surface area contributed by atoms with E-state index < -0.39 is 5.82 Å². The second-order valence-electron chi connectivity index (χ2n) is 3.39. The van der Waals surface area contributed by atoms with Crippen LogP contribution < -0.4 is 10.5 Å². The Kier molecular flexibility index (Phi) is 3.28. The lowest BCUT2D eigenvalue weighted by molar-refractivity contribution is 0.290. The van der Waals surface area contributed by atoms with Gasteiger partial charge >= 0.3 is 0 Å². The van der Waals surface area contributed by atoms with Crippen molar-refractivity contribution in [1.82, 2.24) is 14.8 Å². The van der Waals surface area contributed by atoms with E-state index in [1.165, 1.54) is 18.5 Å². The molecular formula is C10H10BrFN4O. The first-order valence-corrected chi connectivity index (χ1v) is 5.57. The maximum Gasteiger partial charge on any atom is 0.164 e. The smallest absolute Gasteiger partial charge is 0.164 e. The van der Waals surface area contributed by atoms with Gasteiger partial charge in [0.2, 0.25) is 0 Å². The van der Waals surface area contributed by atoms with E-state index in [-0.39, 0.29) is 12.4 Å². The van der Waals surface area contributed by atoms with Gasteiger partial charge in [0.1, 0.15) is 24.5 Å². The highest BCUT2D eigenvalue weighted by atomic mass is 79.9. The zero-order valence-corrected chi connectivity index (χ0v) is 10.6. The van der Waals surface area contributed by atoms with E-state index in [1.54, 1.807) is 11.7 Å². The van der Waals surface area contributed by atoms with Crippen LogP contribution >= 0.6 is 15.9 Å². The van der Waals surface area contributed by atoms with E-state index in [1.807, 2.05) is 0 Å². The Morgan fingerprint density at radius 2 is 2.29 bits per heavy atom. The van der Waals surface area contributed by atoms with Crippen LogP contribution in [-0.4, -0.2) is 14.8 Å². The standard InChI is InChI=1S/C10H10BrFN4O/c1-16-10(14-5-15-16)4-17-9-3-7(12)6(11)2-8(9)13/h2-3,5H,4,13H2,1H3. The number of hydrogen-bond acceptors (Lipinski definition) is 4. The van der Waals surface area contributed by atoms with Crippen molar-refractivity contribution in [3.05, 3.63) is 34.6 Å². The maximum atomic E-state index is 13.3. The second-order valence-corrected chi connectivity index (χ2v) is 4.25. The Hall–Kier alpha value is -1.63. The first kappa shape index (κ1) is 11.8. The number of nitrogens with two attached hydrogens (primary N) is 1. The molecule has 1 aromatic carbocycles. The van der Waals surface area contributed by atoms with Gasteiger partial charge in [-0.3, -0.25) is 4.68 Å². The topological polar surface area (TPSA) is 66.0 Å². The summed E-state index contributed by atoms with van der Waals surface area (Å²) in [6, 6.07) is 2.69. The van der Waals surface area contributed by atoms with Gasteiger partial charge in [-0.05, 0) is 22.0 Å². The zero-order chi connectivity index (χ0) is 12.4. The van der Waals surface area contributed by atoms with Crippen LogP contribution in [0.5, 0.6) is 5.75 Å². The summed E-state index contributed by atoms with van der Waals surface area (Å²) in [4.78, 5) is 3.98. The fourth-order valence-electron chi connectivity index (χ4n) is 1.26. The van der Waals surface area contributed by atoms with Crippen LogP contribution in [0.15, 0.2) is 22.9 Å². The maximum absolute atomic E-state index is 13.3. The molecule has 1 heterocycles. The normalized spacial score (nSPS) is 10.5. The Labute approximate surface area is 106 Å². The first-order valence-electron chi connectivity index (χ1n) is 4.78. The number of ether oxygens (including phenoxy) is 1. The van der Waals surface area contributed by atoms with E-state index in [2.05, 4.69) is 26.0 Å². The molecule has 17 heavy (non-hydrogen) atoms. The average molecular weight is 301 g/mol. The van der Waals surface area contributed by atoms with Gasteiger partial charge in [-0.15, -0.1) is 0 Å². The zero-order valence-electron chi connectivity index (χ0n) is 9.02. The van der Waals surface area contributed by atoms with Gasteiger partial charge in [0, 0.05) is 13.1 Å². The number of benzene rings is 1. The molecule has 0 saturated carbocycles. The highest BCUT2D eigenvalue weighted by molar-refractivity contribution is 9.10. The Bertz CT molecular complexity index is 543. The number of nitrogen functional groups attached to an aromatic ring is 1. The van der Waals surface area contributed by atoms with E-state index in [0.717, 1.165) is 0 Å². The van der Waals surface area contributed by atoms with Gasteiger partial charge in [-0.1, -0.05) is 0 Å². The molecule has 0 aliphatic rings. The monoisotopic (exact) mass is 300 g/mol. The molecule has 1 aromatic heterocycles. The molecule has 0 bridgehead atoms. The molecule has 0 radical (unpaired) electrons. The van der Waals surface area contributed by atoms with Gasteiger partial charge in [-0.25, -0.2) is 9.37 Å². The summed E-state index contributed by atoms with van der Waals surface area (Å²) < 4.78 is 20.6. The second kappa shape index (κ2) is 4.70. The SMILES string of the molecule is Cn1ncnc1COc1cc(F)c(Br)cc1N. The molecule has 2 N–H and O–H groups in total. The van der Waals surface area contributed by atoms with Gasteiger partial charge in [-0.2, -0.15) is 5.10 Å². The highest BCUT2D eigenvalue weighted by Gasteiger charge is 2.08. The predicted octanol–water partition coefficient (Wildman–Crippen LogP) is 1.88. The van der Waals surface area contributed by atoms with E-state index >= 15 is 0 Å². The van der Waals surface area contributed by atoms with Crippen LogP contribution in [0.3, 0.4) is 0 Å². The van der Waals surface area contributed by atoms with E-state index in [4.69, 9.17) is 10.5 Å². The van der Waals surface area contributed by atoms with Crippen molar-refractivity contribution in [2.75, 3.05) is 5.73 Å². The molecule has 0 unspecified atom stereocenters. The van der Waals surface area contributed by atoms with Gasteiger partial charge < -0.3 is 10.5 Å². The molecule has 0 spiro atoms. The predicted molar refractivity (Wildman–Crippen MR) is 63.8 cm³/mol. The molecule has 0 aliphatic carbocycles. The minimum atomic E-state index is -0.424. The summed E-state index contributed by atoms with van der Waals surface area (Å²) in [6.07, 6.45) is 1.42. The number of nitrogens with zero attached hydrogens (tertiary/aromatic N) is 3. The van der Waals surface area contributed by atoms with Crippen molar-refractivity contribution in [1.29, 1.82) is 0 Å². The minimum Gasteiger partial charge on any atom is -0.483 e. The van der Waals surface area contributed by atoms with Gasteiger partial charge in [0.15, 0.2) is 5.82 Å². The van der Waals surface area contributed by atoms with Crippen molar-refractivity contribution >= 4 is 21.6 Å². The molecule has 90 valence electrons. The van der Waals surface area contributed by atoms with Crippen LogP contribution in [0.4, 0.5) is 10.1 Å². The van der Waals surface area contributed by atoms with Crippen molar-refractivity contribution < 1.29 is 9.13 Å². The number of aryl methyl sites for hydroxylation is 1. The molecule has 0 saturated heterocycles. The summed E-state index contributed by atoms with van der Waals surface area (Å²) in [7, 11) is 1.75. The van der Waals surface area contributed by atoms with Crippen LogP contribution in [0.25, 0.3) is 0 Å². The van der Waals surface area contributed by atoms with Crippen LogP contribution in [0.1, 0.15) is 5.82 Å². The molecule has 7 heteroatoms. The third-order valence-corrected chi connectivity index (χ3v) is 2.82. The van der Waals surface area contributed by atoms with Crippen molar-refractivity contribution in [3.8, 4) is 5.75 Å². The molecule has 0 aliphatic heterocycles. The number of halogens is 2. The minimum absolute atomic E-state index is 0.182.